The summed E-state index contributed by atoms with van der Waals surface area (Å²) in [6.07, 6.45) is 0. The van der Waals surface area contributed by atoms with E-state index in [1.165, 1.54) is 48.0 Å². The Hall–Kier alpha value is -7.40. The monoisotopic (exact) mass is 799 g/mol. The lowest BCUT2D eigenvalue weighted by Crippen LogP contribution is -2.14. The van der Waals surface area contributed by atoms with Gasteiger partial charge in [0.2, 0.25) is 0 Å². The quantitative estimate of drug-likeness (QED) is 0.174. The first-order valence-electron chi connectivity index (χ1n) is 20.9. The van der Waals surface area contributed by atoms with Gasteiger partial charge in [0.15, 0.2) is 0 Å². The van der Waals surface area contributed by atoms with Crippen LogP contribution in [0.4, 0.5) is 17.1 Å². The molecule has 1 aliphatic carbocycles. The SMILES string of the molecule is CC1(C)c2ccccc2-c2ccc(-c3c4oc5cccc(N(c6cccc(-c7ccccc7)c6)c6cccc7c6sc6ccccc67)c5c4cc4oc5ccccc5c34)cc21. The van der Waals surface area contributed by atoms with Crippen LogP contribution in [0.2, 0.25) is 0 Å². The second kappa shape index (κ2) is 12.8. The van der Waals surface area contributed by atoms with Crippen molar-refractivity contribution in [1.82, 2.24) is 0 Å². The van der Waals surface area contributed by atoms with E-state index in [0.29, 0.717) is 0 Å². The summed E-state index contributed by atoms with van der Waals surface area (Å²) in [6.45, 7) is 4.69. The first-order valence-corrected chi connectivity index (χ1v) is 21.7. The van der Waals surface area contributed by atoms with Crippen molar-refractivity contribution >= 4 is 92.4 Å². The number of rotatable bonds is 5. The van der Waals surface area contributed by atoms with Gasteiger partial charge in [-0.25, -0.2) is 0 Å². The van der Waals surface area contributed by atoms with Gasteiger partial charge in [0.05, 0.1) is 21.5 Å². The standard InChI is InChI=1S/C57H37NO2S/c1-57(2)44-23-9-6-19-38(44)39-30-29-36(32-45(39)57)52-54-42-21-7-10-26-48(42)59-50(54)33-43-53-46(24-14-27-49(53)60-55(43)52)58(37-18-12-17-35(31-37)34-15-4-3-5-16-34)47-25-13-22-41-40-20-8-11-28-51(40)61-56(41)47/h3-33H,1-2H3. The number of nitrogens with zero attached hydrogens (tertiary/aromatic N) is 1. The topological polar surface area (TPSA) is 29.5 Å². The first-order chi connectivity index (χ1) is 30.0. The fraction of sp³-hybridized carbons (Fsp3) is 0.0526. The second-order valence-electron chi connectivity index (χ2n) is 16.8. The minimum Gasteiger partial charge on any atom is -0.456 e. The normalized spacial score (nSPS) is 13.2. The van der Waals surface area contributed by atoms with Crippen LogP contribution in [0.3, 0.4) is 0 Å². The highest BCUT2D eigenvalue weighted by molar-refractivity contribution is 7.26. The Morgan fingerprint density at radius 2 is 1.15 bits per heavy atom. The number of benzene rings is 9. The Kier molecular flexibility index (Phi) is 7.23. The van der Waals surface area contributed by atoms with Gasteiger partial charge in [0.25, 0.3) is 0 Å². The van der Waals surface area contributed by atoms with Crippen LogP contribution >= 0.6 is 11.3 Å². The van der Waals surface area contributed by atoms with E-state index in [1.807, 2.05) is 17.4 Å². The molecule has 0 radical (unpaired) electrons. The Bertz CT molecular complexity index is 3750. The number of hydrogen-bond acceptors (Lipinski definition) is 4. The summed E-state index contributed by atoms with van der Waals surface area (Å²) in [5.74, 6) is 0. The summed E-state index contributed by atoms with van der Waals surface area (Å²) in [4.78, 5) is 2.44. The molecule has 0 aliphatic heterocycles. The summed E-state index contributed by atoms with van der Waals surface area (Å²) in [6, 6.07) is 67.9. The van der Waals surface area contributed by atoms with Gasteiger partial charge in [-0.3, -0.25) is 0 Å². The van der Waals surface area contributed by atoms with Crippen LogP contribution in [0.25, 0.3) is 97.4 Å². The number of hydrogen-bond donors (Lipinski definition) is 0. The number of furan rings is 2. The molecule has 0 fully saturated rings. The Morgan fingerprint density at radius 3 is 2.07 bits per heavy atom. The van der Waals surface area contributed by atoms with Crippen molar-refractivity contribution in [2.45, 2.75) is 19.3 Å². The van der Waals surface area contributed by atoms with Crippen LogP contribution in [0.5, 0.6) is 0 Å². The van der Waals surface area contributed by atoms with E-state index in [0.717, 1.165) is 77.6 Å². The van der Waals surface area contributed by atoms with Crippen LogP contribution < -0.4 is 4.90 Å². The van der Waals surface area contributed by atoms with Crippen molar-refractivity contribution < 1.29 is 8.83 Å². The van der Waals surface area contributed by atoms with Gasteiger partial charge in [-0.05, 0) is 93.5 Å². The zero-order valence-electron chi connectivity index (χ0n) is 33.6. The molecule has 0 saturated heterocycles. The lowest BCUT2D eigenvalue weighted by molar-refractivity contribution is 0.660. The van der Waals surface area contributed by atoms with Crippen molar-refractivity contribution in [2.75, 3.05) is 4.90 Å². The maximum atomic E-state index is 7.22. The molecule has 13 rings (SSSR count). The summed E-state index contributed by atoms with van der Waals surface area (Å²) in [5, 5.41) is 6.72. The average Bonchev–Trinajstić information content (AvgIpc) is 4.05. The van der Waals surface area contributed by atoms with Gasteiger partial charge in [-0.2, -0.15) is 0 Å². The molecule has 0 unspecified atom stereocenters. The minimum atomic E-state index is -0.156. The molecule has 3 nitrogen and oxygen atoms in total. The molecule has 0 N–H and O–H groups in total. The molecule has 0 amide bonds. The zero-order chi connectivity index (χ0) is 40.4. The van der Waals surface area contributed by atoms with E-state index >= 15 is 0 Å². The highest BCUT2D eigenvalue weighted by Crippen LogP contribution is 2.54. The van der Waals surface area contributed by atoms with Crippen molar-refractivity contribution in [3.05, 3.63) is 199 Å². The lowest BCUT2D eigenvalue weighted by atomic mass is 9.81. The summed E-state index contributed by atoms with van der Waals surface area (Å²) >= 11 is 1.85. The van der Waals surface area contributed by atoms with E-state index in [1.54, 1.807) is 0 Å². The van der Waals surface area contributed by atoms with Crippen LogP contribution in [-0.4, -0.2) is 0 Å². The average molecular weight is 800 g/mol. The molecule has 4 heteroatoms. The molecule has 1 aliphatic rings. The van der Waals surface area contributed by atoms with Crippen molar-refractivity contribution in [3.63, 3.8) is 0 Å². The number of para-hydroxylation sites is 1. The van der Waals surface area contributed by atoms with Crippen molar-refractivity contribution in [2.24, 2.45) is 0 Å². The van der Waals surface area contributed by atoms with Crippen LogP contribution in [0.15, 0.2) is 197 Å². The number of anilines is 3. The largest absolute Gasteiger partial charge is 0.456 e. The minimum absolute atomic E-state index is 0.156. The molecule has 9 aromatic carbocycles. The molecule has 0 atom stereocenters. The summed E-state index contributed by atoms with van der Waals surface area (Å²) < 4.78 is 16.5. The molecule has 3 heterocycles. The van der Waals surface area contributed by atoms with E-state index in [4.69, 9.17) is 8.83 Å². The molecule has 0 saturated carbocycles. The molecule has 288 valence electrons. The highest BCUT2D eigenvalue weighted by atomic mass is 32.1. The van der Waals surface area contributed by atoms with E-state index in [-0.39, 0.29) is 5.41 Å². The smallest absolute Gasteiger partial charge is 0.144 e. The fourth-order valence-electron chi connectivity index (χ4n) is 10.2. The van der Waals surface area contributed by atoms with Crippen molar-refractivity contribution in [1.29, 1.82) is 0 Å². The third-order valence-electron chi connectivity index (χ3n) is 13.1. The summed E-state index contributed by atoms with van der Waals surface area (Å²) in [7, 11) is 0. The van der Waals surface area contributed by atoms with Crippen LogP contribution in [-0.2, 0) is 5.41 Å². The van der Waals surface area contributed by atoms with E-state index < -0.39 is 0 Å². The predicted molar refractivity (Wildman–Crippen MR) is 257 cm³/mol. The Balaban J connectivity index is 1.12. The molecule has 12 aromatic rings. The number of fused-ring (bicyclic) bond motifs is 12. The third-order valence-corrected chi connectivity index (χ3v) is 14.3. The van der Waals surface area contributed by atoms with E-state index in [2.05, 4.69) is 201 Å². The van der Waals surface area contributed by atoms with Crippen molar-refractivity contribution in [3.8, 4) is 33.4 Å². The zero-order valence-corrected chi connectivity index (χ0v) is 34.4. The van der Waals surface area contributed by atoms with Crippen LogP contribution in [0.1, 0.15) is 25.0 Å². The first kappa shape index (κ1) is 34.5. The molecule has 0 bridgehead atoms. The van der Waals surface area contributed by atoms with E-state index in [9.17, 15) is 0 Å². The number of thiophene rings is 1. The van der Waals surface area contributed by atoms with Gasteiger partial charge in [0.1, 0.15) is 22.3 Å². The Morgan fingerprint density at radius 1 is 0.443 bits per heavy atom. The molecule has 0 spiro atoms. The molecular weight excluding hydrogens is 763 g/mol. The maximum absolute atomic E-state index is 7.22. The van der Waals surface area contributed by atoms with Gasteiger partial charge >= 0.3 is 0 Å². The van der Waals surface area contributed by atoms with Gasteiger partial charge in [-0.1, -0.05) is 147 Å². The molecular formula is C57H37NO2S. The lowest BCUT2D eigenvalue weighted by Gasteiger charge is -2.27. The van der Waals surface area contributed by atoms with Crippen LogP contribution in [0, 0.1) is 0 Å². The third kappa shape index (κ3) is 4.97. The molecule has 61 heavy (non-hydrogen) atoms. The second-order valence-corrected chi connectivity index (χ2v) is 17.8. The highest BCUT2D eigenvalue weighted by Gasteiger charge is 2.36. The summed E-state index contributed by atoms with van der Waals surface area (Å²) in [5.41, 5.74) is 16.2. The van der Waals surface area contributed by atoms with Gasteiger partial charge in [-0.15, -0.1) is 11.3 Å². The maximum Gasteiger partial charge on any atom is 0.144 e. The Labute approximate surface area is 356 Å². The van der Waals surface area contributed by atoms with Gasteiger partial charge < -0.3 is 13.7 Å². The predicted octanol–water partition coefficient (Wildman–Crippen LogP) is 17.0. The fourth-order valence-corrected chi connectivity index (χ4v) is 11.4. The van der Waals surface area contributed by atoms with Gasteiger partial charge in [0, 0.05) is 48.3 Å². The molecule has 3 aromatic heterocycles.